The van der Waals surface area contributed by atoms with Crippen LogP contribution in [0.5, 0.6) is 0 Å². The first-order valence-corrected chi connectivity index (χ1v) is 7.77. The zero-order valence-electron chi connectivity index (χ0n) is 11.4. The quantitative estimate of drug-likeness (QED) is 0.938. The molecule has 1 aliphatic heterocycles. The van der Waals surface area contributed by atoms with Gasteiger partial charge in [-0.1, -0.05) is 28.1 Å². The summed E-state index contributed by atoms with van der Waals surface area (Å²) in [6, 6.07) is 10.9. The number of nitrogens with zero attached hydrogens (tertiary/aromatic N) is 3. The molecule has 5 heteroatoms. The second kappa shape index (κ2) is 5.97. The van der Waals surface area contributed by atoms with Crippen LogP contribution in [0.25, 0.3) is 0 Å². The molecule has 1 aromatic carbocycles. The molecule has 1 fully saturated rings. The van der Waals surface area contributed by atoms with E-state index in [1.165, 1.54) is 5.56 Å². The number of halogens is 1. The molecular weight excluding hydrogens is 316 g/mol. The highest BCUT2D eigenvalue weighted by molar-refractivity contribution is 9.10. The molecule has 0 spiro atoms. The van der Waals surface area contributed by atoms with Crippen LogP contribution in [0.4, 0.5) is 5.82 Å². The molecule has 0 bridgehead atoms. The second-order valence-electron chi connectivity index (χ2n) is 5.36. The van der Waals surface area contributed by atoms with E-state index in [4.69, 9.17) is 5.73 Å². The first-order valence-electron chi connectivity index (χ1n) is 6.98. The third-order valence-electron chi connectivity index (χ3n) is 3.86. The lowest BCUT2D eigenvalue weighted by atomic mass is 10.0. The van der Waals surface area contributed by atoms with Gasteiger partial charge in [0.25, 0.3) is 0 Å². The summed E-state index contributed by atoms with van der Waals surface area (Å²) in [5.74, 6) is 0.613. The summed E-state index contributed by atoms with van der Waals surface area (Å²) in [7, 11) is 0. The summed E-state index contributed by atoms with van der Waals surface area (Å²) in [6.45, 7) is 3.24. The number of aromatic nitrogens is 2. The Morgan fingerprint density at radius 3 is 2.70 bits per heavy atom. The van der Waals surface area contributed by atoms with Crippen LogP contribution in [0.3, 0.4) is 0 Å². The van der Waals surface area contributed by atoms with Crippen LogP contribution in [0.2, 0.25) is 0 Å². The molecule has 0 saturated carbocycles. The lowest BCUT2D eigenvalue weighted by molar-refractivity contribution is 0.173. The van der Waals surface area contributed by atoms with Crippen LogP contribution in [0.1, 0.15) is 24.4 Å². The summed E-state index contributed by atoms with van der Waals surface area (Å²) in [5.41, 5.74) is 7.04. The average molecular weight is 335 g/mol. The Balaban J connectivity index is 1.56. The molecule has 2 N–H and O–H groups in total. The number of piperidine rings is 1. The lowest BCUT2D eigenvalue weighted by Crippen LogP contribution is -2.34. The van der Waals surface area contributed by atoms with Crippen molar-refractivity contribution in [3.8, 4) is 0 Å². The van der Waals surface area contributed by atoms with Gasteiger partial charge in [0.05, 0.1) is 6.04 Å². The van der Waals surface area contributed by atoms with E-state index in [0.717, 1.165) is 36.9 Å². The first-order chi connectivity index (χ1) is 9.70. The van der Waals surface area contributed by atoms with Gasteiger partial charge in [-0.2, -0.15) is 5.10 Å². The molecule has 0 atom stereocenters. The van der Waals surface area contributed by atoms with Gasteiger partial charge in [-0.25, -0.2) is 0 Å². The molecule has 106 valence electrons. The minimum atomic E-state index is 0.492. The largest absolute Gasteiger partial charge is 0.382 e. The normalized spacial score (nSPS) is 17.4. The highest BCUT2D eigenvalue weighted by atomic mass is 79.9. The van der Waals surface area contributed by atoms with Gasteiger partial charge in [0.1, 0.15) is 5.82 Å². The molecule has 1 aliphatic rings. The van der Waals surface area contributed by atoms with Crippen molar-refractivity contribution < 1.29 is 0 Å². The number of likely N-dealkylation sites (tertiary alicyclic amines) is 1. The molecule has 1 aromatic heterocycles. The molecule has 0 unspecified atom stereocenters. The highest BCUT2D eigenvalue weighted by Gasteiger charge is 2.21. The Labute approximate surface area is 127 Å². The summed E-state index contributed by atoms with van der Waals surface area (Å²) in [4.78, 5) is 2.51. The predicted molar refractivity (Wildman–Crippen MR) is 84.3 cm³/mol. The Morgan fingerprint density at radius 2 is 2.05 bits per heavy atom. The number of hydrogen-bond acceptors (Lipinski definition) is 3. The maximum atomic E-state index is 5.68. The van der Waals surface area contributed by atoms with Crippen molar-refractivity contribution in [3.63, 3.8) is 0 Å². The molecule has 4 nitrogen and oxygen atoms in total. The van der Waals surface area contributed by atoms with Crippen molar-refractivity contribution in [2.75, 3.05) is 18.8 Å². The average Bonchev–Trinajstić information content (AvgIpc) is 2.86. The highest BCUT2D eigenvalue weighted by Crippen LogP contribution is 2.24. The third-order valence-corrected chi connectivity index (χ3v) is 4.35. The Hall–Kier alpha value is -1.33. The van der Waals surface area contributed by atoms with E-state index in [-0.39, 0.29) is 0 Å². The zero-order chi connectivity index (χ0) is 13.9. The van der Waals surface area contributed by atoms with Crippen molar-refractivity contribution in [3.05, 3.63) is 46.6 Å². The fourth-order valence-electron chi connectivity index (χ4n) is 2.79. The Kier molecular flexibility index (Phi) is 4.08. The fourth-order valence-corrected chi connectivity index (χ4v) is 3.24. The molecule has 3 rings (SSSR count). The molecular formula is C15H19BrN4. The van der Waals surface area contributed by atoms with Gasteiger partial charge in [-0.15, -0.1) is 0 Å². The SMILES string of the molecule is Nc1ccn(C2CCN(Cc3cccc(Br)c3)CC2)n1. The summed E-state index contributed by atoms with van der Waals surface area (Å²) in [6.07, 6.45) is 4.26. The molecule has 0 amide bonds. The van der Waals surface area contributed by atoms with Gasteiger partial charge < -0.3 is 5.73 Å². The van der Waals surface area contributed by atoms with E-state index in [2.05, 4.69) is 50.2 Å². The van der Waals surface area contributed by atoms with Gasteiger partial charge in [0.15, 0.2) is 0 Å². The van der Waals surface area contributed by atoms with Gasteiger partial charge in [0, 0.05) is 30.3 Å². The molecule has 1 saturated heterocycles. The first kappa shape index (κ1) is 13.6. The van der Waals surface area contributed by atoms with E-state index < -0.39 is 0 Å². The molecule has 2 heterocycles. The summed E-state index contributed by atoms with van der Waals surface area (Å²) in [5, 5.41) is 4.32. The number of nitrogen functional groups attached to an aromatic ring is 1. The molecule has 20 heavy (non-hydrogen) atoms. The molecule has 2 aromatic rings. The van der Waals surface area contributed by atoms with Crippen LogP contribution in [-0.4, -0.2) is 27.8 Å². The maximum Gasteiger partial charge on any atom is 0.145 e. The van der Waals surface area contributed by atoms with E-state index >= 15 is 0 Å². The zero-order valence-corrected chi connectivity index (χ0v) is 13.0. The minimum absolute atomic E-state index is 0.492. The van der Waals surface area contributed by atoms with Crippen LogP contribution in [0, 0.1) is 0 Å². The second-order valence-corrected chi connectivity index (χ2v) is 6.27. The van der Waals surface area contributed by atoms with Gasteiger partial charge in [-0.05, 0) is 36.6 Å². The Bertz CT molecular complexity index is 573. The summed E-state index contributed by atoms with van der Waals surface area (Å²) >= 11 is 3.53. The van der Waals surface area contributed by atoms with Crippen LogP contribution in [-0.2, 0) is 6.54 Å². The molecule has 0 radical (unpaired) electrons. The van der Waals surface area contributed by atoms with E-state index in [9.17, 15) is 0 Å². The summed E-state index contributed by atoms with van der Waals surface area (Å²) < 4.78 is 3.17. The third kappa shape index (κ3) is 3.22. The van der Waals surface area contributed by atoms with Crippen molar-refractivity contribution in [2.24, 2.45) is 0 Å². The fraction of sp³-hybridized carbons (Fsp3) is 0.400. The number of anilines is 1. The van der Waals surface area contributed by atoms with E-state index in [0.29, 0.717) is 11.9 Å². The van der Waals surface area contributed by atoms with E-state index in [1.54, 1.807) is 0 Å². The number of benzene rings is 1. The maximum absolute atomic E-state index is 5.68. The topological polar surface area (TPSA) is 47.1 Å². The van der Waals surface area contributed by atoms with Gasteiger partial charge in [0.2, 0.25) is 0 Å². The van der Waals surface area contributed by atoms with E-state index in [1.807, 2.05) is 16.9 Å². The van der Waals surface area contributed by atoms with Crippen LogP contribution < -0.4 is 5.73 Å². The predicted octanol–water partition coefficient (Wildman–Crippen LogP) is 3.06. The Morgan fingerprint density at radius 1 is 1.25 bits per heavy atom. The lowest BCUT2D eigenvalue weighted by Gasteiger charge is -2.32. The monoisotopic (exact) mass is 334 g/mol. The minimum Gasteiger partial charge on any atom is -0.382 e. The van der Waals surface area contributed by atoms with Crippen molar-refractivity contribution >= 4 is 21.7 Å². The standard InChI is InChI=1S/C15H19BrN4/c16-13-3-1-2-12(10-13)11-19-7-4-14(5-8-19)20-9-6-15(17)18-20/h1-3,6,9-10,14H,4-5,7-8,11H2,(H2,17,18). The van der Waals surface area contributed by atoms with Gasteiger partial charge >= 0.3 is 0 Å². The van der Waals surface area contributed by atoms with Crippen LogP contribution >= 0.6 is 15.9 Å². The van der Waals surface area contributed by atoms with Crippen molar-refractivity contribution in [1.29, 1.82) is 0 Å². The van der Waals surface area contributed by atoms with Crippen molar-refractivity contribution in [1.82, 2.24) is 14.7 Å². The van der Waals surface area contributed by atoms with Gasteiger partial charge in [-0.3, -0.25) is 9.58 Å². The number of rotatable bonds is 3. The number of hydrogen-bond donors (Lipinski definition) is 1. The molecule has 0 aliphatic carbocycles. The smallest absolute Gasteiger partial charge is 0.145 e. The van der Waals surface area contributed by atoms with Crippen LogP contribution in [0.15, 0.2) is 41.0 Å². The van der Waals surface area contributed by atoms with Crippen molar-refractivity contribution in [2.45, 2.75) is 25.4 Å². The number of nitrogens with two attached hydrogens (primary N) is 1.